The first-order valence-electron chi connectivity index (χ1n) is 7.60. The van der Waals surface area contributed by atoms with Gasteiger partial charge in [-0.15, -0.1) is 0 Å². The van der Waals surface area contributed by atoms with Crippen molar-refractivity contribution in [3.05, 3.63) is 0 Å². The molecule has 1 heterocycles. The maximum absolute atomic E-state index is 12.7. The number of amides is 2. The topological polar surface area (TPSA) is 67.9 Å². The van der Waals surface area contributed by atoms with E-state index in [4.69, 9.17) is 9.47 Å². The third-order valence-electron chi connectivity index (χ3n) is 4.19. The molecule has 2 amide bonds. The van der Waals surface area contributed by atoms with E-state index in [-0.39, 0.29) is 12.0 Å². The summed E-state index contributed by atoms with van der Waals surface area (Å²) in [5.41, 5.74) is -1.21. The second-order valence-corrected chi connectivity index (χ2v) is 6.88. The summed E-state index contributed by atoms with van der Waals surface area (Å²) in [5.74, 6) is -0.155. The Hall–Kier alpha value is -1.14. The summed E-state index contributed by atoms with van der Waals surface area (Å²) in [4.78, 5) is 26.2. The first-order chi connectivity index (χ1) is 9.77. The van der Waals surface area contributed by atoms with Crippen LogP contribution in [-0.2, 0) is 14.3 Å². The molecule has 1 saturated heterocycles. The zero-order valence-electron chi connectivity index (χ0n) is 13.4. The highest BCUT2D eigenvalue weighted by Crippen LogP contribution is 2.33. The number of carbonyl (C=O) groups is 2. The van der Waals surface area contributed by atoms with E-state index in [1.807, 2.05) is 0 Å². The van der Waals surface area contributed by atoms with Crippen LogP contribution < -0.4 is 5.32 Å². The Kier molecular flexibility index (Phi) is 4.58. The normalized spacial score (nSPS) is 30.6. The van der Waals surface area contributed by atoms with Gasteiger partial charge in [-0.05, 0) is 46.5 Å². The van der Waals surface area contributed by atoms with E-state index in [9.17, 15) is 9.59 Å². The zero-order chi connectivity index (χ0) is 15.7. The Morgan fingerprint density at radius 1 is 1.33 bits per heavy atom. The lowest BCUT2D eigenvalue weighted by atomic mass is 9.78. The first-order valence-corrected chi connectivity index (χ1v) is 7.60. The van der Waals surface area contributed by atoms with Crippen LogP contribution in [0.15, 0.2) is 0 Å². The number of piperazine rings is 1. The molecule has 0 aromatic carbocycles. The fraction of sp³-hybridized carbons (Fsp3) is 0.867. The molecule has 120 valence electrons. The van der Waals surface area contributed by atoms with Gasteiger partial charge in [0.2, 0.25) is 0 Å². The van der Waals surface area contributed by atoms with Gasteiger partial charge < -0.3 is 14.8 Å². The quantitative estimate of drug-likeness (QED) is 0.798. The first kappa shape index (κ1) is 16.2. The van der Waals surface area contributed by atoms with Crippen molar-refractivity contribution in [1.29, 1.82) is 0 Å². The van der Waals surface area contributed by atoms with Crippen molar-refractivity contribution in [2.24, 2.45) is 0 Å². The standard InChI is InChI=1S/C15H26N2O4/c1-14(2,3)21-13(19)17-10-9-16-15(12(17)18)7-5-11(20-4)6-8-15/h11,16H,5-10H2,1-4H3/t11-,15+. The number of imide groups is 1. The van der Waals surface area contributed by atoms with E-state index in [1.165, 1.54) is 4.90 Å². The summed E-state index contributed by atoms with van der Waals surface area (Å²) in [7, 11) is 1.70. The fourth-order valence-electron chi connectivity index (χ4n) is 3.04. The van der Waals surface area contributed by atoms with Gasteiger partial charge in [0.15, 0.2) is 0 Å². The molecule has 2 rings (SSSR count). The molecule has 2 fully saturated rings. The molecule has 0 radical (unpaired) electrons. The van der Waals surface area contributed by atoms with Gasteiger partial charge in [-0.2, -0.15) is 0 Å². The molecular formula is C15H26N2O4. The molecular weight excluding hydrogens is 272 g/mol. The number of ether oxygens (including phenoxy) is 2. The smallest absolute Gasteiger partial charge is 0.417 e. The monoisotopic (exact) mass is 298 g/mol. The fourth-order valence-corrected chi connectivity index (χ4v) is 3.04. The van der Waals surface area contributed by atoms with Crippen molar-refractivity contribution in [2.45, 2.75) is 63.7 Å². The SMILES string of the molecule is CO[C@H]1CC[C@]2(CC1)NCCN(C(=O)OC(C)(C)C)C2=O. The summed E-state index contributed by atoms with van der Waals surface area (Å²) in [6.07, 6.45) is 2.73. The van der Waals surface area contributed by atoms with Gasteiger partial charge in [0.1, 0.15) is 5.60 Å². The Labute approximate surface area is 126 Å². The molecule has 1 saturated carbocycles. The van der Waals surface area contributed by atoms with Crippen molar-refractivity contribution in [3.63, 3.8) is 0 Å². The van der Waals surface area contributed by atoms with Gasteiger partial charge in [0, 0.05) is 20.2 Å². The van der Waals surface area contributed by atoms with Crippen molar-refractivity contribution in [2.75, 3.05) is 20.2 Å². The van der Waals surface area contributed by atoms with Crippen LogP contribution in [0.2, 0.25) is 0 Å². The Bertz CT molecular complexity index is 408. The molecule has 1 N–H and O–H groups in total. The average Bonchev–Trinajstić information content (AvgIpc) is 2.41. The van der Waals surface area contributed by atoms with Gasteiger partial charge in [0.25, 0.3) is 5.91 Å². The van der Waals surface area contributed by atoms with Gasteiger partial charge in [-0.1, -0.05) is 0 Å². The van der Waals surface area contributed by atoms with Gasteiger partial charge >= 0.3 is 6.09 Å². The lowest BCUT2D eigenvalue weighted by molar-refractivity contribution is -0.143. The van der Waals surface area contributed by atoms with Crippen molar-refractivity contribution in [3.8, 4) is 0 Å². The van der Waals surface area contributed by atoms with E-state index >= 15 is 0 Å². The third kappa shape index (κ3) is 3.55. The van der Waals surface area contributed by atoms with Crippen LogP contribution in [-0.4, -0.2) is 54.3 Å². The summed E-state index contributed by atoms with van der Waals surface area (Å²) >= 11 is 0. The predicted octanol–water partition coefficient (Wildman–Crippen LogP) is 1.68. The molecule has 6 nitrogen and oxygen atoms in total. The van der Waals surface area contributed by atoms with Crippen LogP contribution in [0.25, 0.3) is 0 Å². The Morgan fingerprint density at radius 2 is 1.95 bits per heavy atom. The second kappa shape index (κ2) is 5.93. The predicted molar refractivity (Wildman–Crippen MR) is 77.9 cm³/mol. The lowest BCUT2D eigenvalue weighted by Crippen LogP contribution is -2.67. The summed E-state index contributed by atoms with van der Waals surface area (Å²) in [6, 6.07) is 0. The molecule has 1 aliphatic carbocycles. The van der Waals surface area contributed by atoms with Crippen LogP contribution in [0.4, 0.5) is 4.79 Å². The molecule has 0 aromatic rings. The highest BCUT2D eigenvalue weighted by molar-refractivity contribution is 5.98. The largest absolute Gasteiger partial charge is 0.443 e. The Balaban J connectivity index is 2.06. The molecule has 1 aliphatic heterocycles. The van der Waals surface area contributed by atoms with Crippen LogP contribution in [0.1, 0.15) is 46.5 Å². The molecule has 0 unspecified atom stereocenters. The van der Waals surface area contributed by atoms with E-state index < -0.39 is 17.2 Å². The number of hydrogen-bond acceptors (Lipinski definition) is 5. The van der Waals surface area contributed by atoms with Crippen molar-refractivity contribution in [1.82, 2.24) is 10.2 Å². The van der Waals surface area contributed by atoms with Crippen LogP contribution >= 0.6 is 0 Å². The molecule has 21 heavy (non-hydrogen) atoms. The number of carbonyl (C=O) groups excluding carboxylic acids is 2. The summed E-state index contributed by atoms with van der Waals surface area (Å²) in [5, 5.41) is 3.32. The highest BCUT2D eigenvalue weighted by Gasteiger charge is 2.48. The third-order valence-corrected chi connectivity index (χ3v) is 4.19. The van der Waals surface area contributed by atoms with Gasteiger partial charge in [-0.3, -0.25) is 4.79 Å². The minimum atomic E-state index is -0.621. The highest BCUT2D eigenvalue weighted by atomic mass is 16.6. The number of rotatable bonds is 1. The number of hydrogen-bond donors (Lipinski definition) is 1. The van der Waals surface area contributed by atoms with Gasteiger partial charge in [0.05, 0.1) is 11.6 Å². The average molecular weight is 298 g/mol. The van der Waals surface area contributed by atoms with Crippen LogP contribution in [0.3, 0.4) is 0 Å². The molecule has 0 atom stereocenters. The van der Waals surface area contributed by atoms with E-state index in [1.54, 1.807) is 27.9 Å². The molecule has 6 heteroatoms. The lowest BCUT2D eigenvalue weighted by Gasteiger charge is -2.45. The van der Waals surface area contributed by atoms with Gasteiger partial charge in [-0.25, -0.2) is 9.69 Å². The number of nitrogens with zero attached hydrogens (tertiary/aromatic N) is 1. The van der Waals surface area contributed by atoms with Crippen LogP contribution in [0.5, 0.6) is 0 Å². The molecule has 0 bridgehead atoms. The zero-order valence-corrected chi connectivity index (χ0v) is 13.4. The van der Waals surface area contributed by atoms with Crippen LogP contribution in [0, 0.1) is 0 Å². The van der Waals surface area contributed by atoms with Crippen molar-refractivity contribution >= 4 is 12.0 Å². The summed E-state index contributed by atoms with van der Waals surface area (Å²) in [6.45, 7) is 6.39. The second-order valence-electron chi connectivity index (χ2n) is 6.88. The van der Waals surface area contributed by atoms with E-state index in [2.05, 4.69) is 5.32 Å². The maximum atomic E-state index is 12.7. The van der Waals surface area contributed by atoms with E-state index in [0.29, 0.717) is 25.9 Å². The molecule has 0 aromatic heterocycles. The van der Waals surface area contributed by atoms with Crippen molar-refractivity contribution < 1.29 is 19.1 Å². The van der Waals surface area contributed by atoms with E-state index in [0.717, 1.165) is 12.8 Å². The molecule has 1 spiro atoms. The number of nitrogens with one attached hydrogen (secondary N) is 1. The molecule has 2 aliphatic rings. The number of methoxy groups -OCH3 is 1. The minimum absolute atomic E-state index is 0.155. The Morgan fingerprint density at radius 3 is 2.48 bits per heavy atom. The summed E-state index contributed by atoms with van der Waals surface area (Å²) < 4.78 is 10.7. The maximum Gasteiger partial charge on any atom is 0.417 e. The minimum Gasteiger partial charge on any atom is -0.443 e.